The predicted molar refractivity (Wildman–Crippen MR) is 81.3 cm³/mol. The van der Waals surface area contributed by atoms with Crippen molar-refractivity contribution in [3.63, 3.8) is 0 Å². The third kappa shape index (κ3) is 2.73. The summed E-state index contributed by atoms with van der Waals surface area (Å²) in [6, 6.07) is 14.4. The highest BCUT2D eigenvalue weighted by Gasteiger charge is 2.15. The first kappa shape index (κ1) is 13.6. The molecule has 2 aromatic carbocycles. The van der Waals surface area contributed by atoms with E-state index in [2.05, 4.69) is 15.6 Å². The van der Waals surface area contributed by atoms with E-state index in [-0.39, 0.29) is 12.1 Å². The van der Waals surface area contributed by atoms with Crippen molar-refractivity contribution >= 4 is 28.7 Å². The molecule has 0 saturated carbocycles. The molecule has 0 bridgehead atoms. The maximum Gasteiger partial charge on any atom is 0.344 e. The largest absolute Gasteiger partial charge is 0.344 e. The summed E-state index contributed by atoms with van der Waals surface area (Å²) in [7, 11) is 0. The summed E-state index contributed by atoms with van der Waals surface area (Å²) in [5.74, 6) is 0. The number of benzene rings is 2. The zero-order valence-corrected chi connectivity index (χ0v) is 12.1. The highest BCUT2D eigenvalue weighted by molar-refractivity contribution is 6.31. The van der Waals surface area contributed by atoms with Crippen molar-refractivity contribution in [2.24, 2.45) is 0 Å². The minimum absolute atomic E-state index is 0.128. The van der Waals surface area contributed by atoms with Gasteiger partial charge in [0, 0.05) is 5.02 Å². The lowest BCUT2D eigenvalue weighted by Crippen LogP contribution is -2.31. The normalized spacial score (nSPS) is 12.3. The zero-order chi connectivity index (χ0) is 14.8. The van der Waals surface area contributed by atoms with Crippen LogP contribution in [-0.2, 0) is 0 Å². The SMILES string of the molecule is CC(NC(=O)n1nnc2ccc(Cl)cc21)c1ccccc1. The zero-order valence-electron chi connectivity index (χ0n) is 11.3. The van der Waals surface area contributed by atoms with E-state index in [1.165, 1.54) is 4.68 Å². The molecular formula is C15H13ClN4O. The van der Waals surface area contributed by atoms with Crippen LogP contribution in [0.4, 0.5) is 4.79 Å². The van der Waals surface area contributed by atoms with Crippen LogP contribution in [0.25, 0.3) is 11.0 Å². The molecule has 106 valence electrons. The minimum atomic E-state index is -0.337. The van der Waals surface area contributed by atoms with Gasteiger partial charge in [-0.1, -0.05) is 47.1 Å². The number of fused-ring (bicyclic) bond motifs is 1. The molecule has 1 N–H and O–H groups in total. The number of hydrogen-bond donors (Lipinski definition) is 1. The lowest BCUT2D eigenvalue weighted by Gasteiger charge is -2.13. The molecule has 0 spiro atoms. The predicted octanol–water partition coefficient (Wildman–Crippen LogP) is 3.40. The van der Waals surface area contributed by atoms with Crippen LogP contribution in [0.3, 0.4) is 0 Å². The molecular weight excluding hydrogens is 288 g/mol. The van der Waals surface area contributed by atoms with Gasteiger partial charge in [0.15, 0.2) is 0 Å². The van der Waals surface area contributed by atoms with Crippen LogP contribution in [0.2, 0.25) is 5.02 Å². The standard InChI is InChI=1S/C15H13ClN4O/c1-10(11-5-3-2-4-6-11)17-15(21)20-14-9-12(16)7-8-13(14)18-19-20/h2-10H,1H3,(H,17,21). The van der Waals surface area contributed by atoms with Crippen molar-refractivity contribution in [3.05, 3.63) is 59.1 Å². The Kier molecular flexibility index (Phi) is 3.58. The summed E-state index contributed by atoms with van der Waals surface area (Å²) in [6.07, 6.45) is 0. The average molecular weight is 301 g/mol. The van der Waals surface area contributed by atoms with Gasteiger partial charge in [-0.3, -0.25) is 0 Å². The number of carbonyl (C=O) groups is 1. The molecule has 0 aliphatic heterocycles. The minimum Gasteiger partial charge on any atom is -0.330 e. The second-order valence-corrected chi connectivity index (χ2v) is 5.15. The number of halogens is 1. The first-order valence-corrected chi connectivity index (χ1v) is 6.90. The van der Waals surface area contributed by atoms with Crippen molar-refractivity contribution in [1.82, 2.24) is 20.3 Å². The van der Waals surface area contributed by atoms with Gasteiger partial charge in [0.25, 0.3) is 0 Å². The van der Waals surface area contributed by atoms with E-state index in [1.54, 1.807) is 18.2 Å². The smallest absolute Gasteiger partial charge is 0.330 e. The monoisotopic (exact) mass is 300 g/mol. The number of aromatic nitrogens is 3. The van der Waals surface area contributed by atoms with Crippen molar-refractivity contribution in [2.45, 2.75) is 13.0 Å². The molecule has 0 aliphatic carbocycles. The second-order valence-electron chi connectivity index (χ2n) is 4.72. The summed E-state index contributed by atoms with van der Waals surface area (Å²) in [4.78, 5) is 12.3. The third-order valence-corrected chi connectivity index (χ3v) is 3.47. The Hall–Kier alpha value is -2.40. The lowest BCUT2D eigenvalue weighted by atomic mass is 10.1. The van der Waals surface area contributed by atoms with Gasteiger partial charge >= 0.3 is 6.03 Å². The number of nitrogens with zero attached hydrogens (tertiary/aromatic N) is 3. The van der Waals surface area contributed by atoms with Gasteiger partial charge in [0.1, 0.15) is 11.0 Å². The topological polar surface area (TPSA) is 59.8 Å². The average Bonchev–Trinajstić information content (AvgIpc) is 2.91. The molecule has 0 radical (unpaired) electrons. The summed E-state index contributed by atoms with van der Waals surface area (Å²) in [5, 5.41) is 11.3. The molecule has 1 heterocycles. The molecule has 3 rings (SSSR count). The Morgan fingerprint density at radius 1 is 1.24 bits per heavy atom. The van der Waals surface area contributed by atoms with Crippen molar-refractivity contribution in [2.75, 3.05) is 0 Å². The van der Waals surface area contributed by atoms with Gasteiger partial charge in [-0.05, 0) is 30.7 Å². The quantitative estimate of drug-likeness (QED) is 0.789. The molecule has 6 heteroatoms. The molecule has 1 atom stereocenters. The molecule has 5 nitrogen and oxygen atoms in total. The van der Waals surface area contributed by atoms with Crippen LogP contribution < -0.4 is 5.32 Å². The van der Waals surface area contributed by atoms with Crippen LogP contribution in [0.5, 0.6) is 0 Å². The molecule has 0 aliphatic rings. The fourth-order valence-corrected chi connectivity index (χ4v) is 2.28. The van der Waals surface area contributed by atoms with E-state index in [4.69, 9.17) is 11.6 Å². The molecule has 1 amide bonds. The van der Waals surface area contributed by atoms with Gasteiger partial charge in [0.05, 0.1) is 6.04 Å². The number of rotatable bonds is 2. The molecule has 21 heavy (non-hydrogen) atoms. The maximum atomic E-state index is 12.3. The first-order valence-electron chi connectivity index (χ1n) is 6.52. The molecule has 1 unspecified atom stereocenters. The first-order chi connectivity index (χ1) is 10.1. The van der Waals surface area contributed by atoms with Crippen molar-refractivity contribution in [1.29, 1.82) is 0 Å². The lowest BCUT2D eigenvalue weighted by molar-refractivity contribution is 0.237. The molecule has 0 saturated heterocycles. The summed E-state index contributed by atoms with van der Waals surface area (Å²) < 4.78 is 1.22. The Morgan fingerprint density at radius 3 is 2.76 bits per heavy atom. The Morgan fingerprint density at radius 2 is 2.00 bits per heavy atom. The van der Waals surface area contributed by atoms with Crippen LogP contribution >= 0.6 is 11.6 Å². The van der Waals surface area contributed by atoms with E-state index in [0.29, 0.717) is 16.1 Å². The van der Waals surface area contributed by atoms with Crippen LogP contribution in [-0.4, -0.2) is 21.0 Å². The van der Waals surface area contributed by atoms with E-state index >= 15 is 0 Å². The van der Waals surface area contributed by atoms with Gasteiger partial charge in [-0.15, -0.1) is 5.10 Å². The molecule has 3 aromatic rings. The third-order valence-electron chi connectivity index (χ3n) is 3.24. The van der Waals surface area contributed by atoms with Crippen LogP contribution in [0.1, 0.15) is 18.5 Å². The number of carbonyl (C=O) groups excluding carboxylic acids is 1. The Labute approximate surface area is 126 Å². The number of nitrogens with one attached hydrogen (secondary N) is 1. The molecule has 0 fully saturated rings. The Balaban J connectivity index is 1.86. The highest BCUT2D eigenvalue weighted by Crippen LogP contribution is 2.17. The van der Waals surface area contributed by atoms with E-state index in [1.807, 2.05) is 37.3 Å². The van der Waals surface area contributed by atoms with Crippen molar-refractivity contribution in [3.8, 4) is 0 Å². The summed E-state index contributed by atoms with van der Waals surface area (Å²) >= 11 is 5.95. The van der Waals surface area contributed by atoms with Crippen LogP contribution in [0.15, 0.2) is 48.5 Å². The number of amides is 1. The fourth-order valence-electron chi connectivity index (χ4n) is 2.11. The van der Waals surface area contributed by atoms with E-state index in [0.717, 1.165) is 5.56 Å². The summed E-state index contributed by atoms with van der Waals surface area (Å²) in [6.45, 7) is 1.92. The van der Waals surface area contributed by atoms with Gasteiger partial charge in [0.2, 0.25) is 0 Å². The fraction of sp³-hybridized carbons (Fsp3) is 0.133. The van der Waals surface area contributed by atoms with Crippen molar-refractivity contribution < 1.29 is 4.79 Å². The highest BCUT2D eigenvalue weighted by atomic mass is 35.5. The number of hydrogen-bond acceptors (Lipinski definition) is 3. The van der Waals surface area contributed by atoms with Gasteiger partial charge in [-0.25, -0.2) is 4.79 Å². The van der Waals surface area contributed by atoms with E-state index in [9.17, 15) is 4.79 Å². The van der Waals surface area contributed by atoms with Gasteiger partial charge in [-0.2, -0.15) is 4.68 Å². The second kappa shape index (κ2) is 5.54. The maximum absolute atomic E-state index is 12.3. The van der Waals surface area contributed by atoms with Gasteiger partial charge < -0.3 is 5.32 Å². The Bertz CT molecular complexity index is 785. The molecule has 1 aromatic heterocycles. The van der Waals surface area contributed by atoms with E-state index < -0.39 is 0 Å². The summed E-state index contributed by atoms with van der Waals surface area (Å²) in [5.41, 5.74) is 2.23. The van der Waals surface area contributed by atoms with Crippen LogP contribution in [0, 0.1) is 0 Å².